The number of rotatable bonds is 6. The lowest BCUT2D eigenvalue weighted by Crippen LogP contribution is -2.47. The lowest BCUT2D eigenvalue weighted by molar-refractivity contribution is 0.364. The maximum atomic E-state index is 10.7. The summed E-state index contributed by atoms with van der Waals surface area (Å²) in [4.78, 5) is 0. The average Bonchev–Trinajstić information content (AvgIpc) is 1.98. The van der Waals surface area contributed by atoms with Crippen LogP contribution in [-0.4, -0.2) is 30.8 Å². The van der Waals surface area contributed by atoms with E-state index in [4.69, 9.17) is 4.55 Å². The first-order valence-electron chi connectivity index (χ1n) is 4.53. The van der Waals surface area contributed by atoms with Crippen molar-refractivity contribution in [2.24, 2.45) is 0 Å². The zero-order valence-corrected chi connectivity index (χ0v) is 9.32. The summed E-state index contributed by atoms with van der Waals surface area (Å²) in [6.45, 7) is 6.47. The zero-order valence-electron chi connectivity index (χ0n) is 8.50. The van der Waals surface area contributed by atoms with Gasteiger partial charge in [-0.2, -0.15) is 8.42 Å². The minimum absolute atomic E-state index is 0.226. The van der Waals surface area contributed by atoms with Gasteiger partial charge in [0.25, 0.3) is 10.1 Å². The van der Waals surface area contributed by atoms with E-state index >= 15 is 0 Å². The molecule has 5 heteroatoms. The Hall–Kier alpha value is -0.130. The zero-order chi connectivity index (χ0) is 10.5. The molecule has 2 N–H and O–H groups in total. The molecule has 4 nitrogen and oxygen atoms in total. The van der Waals surface area contributed by atoms with Crippen molar-refractivity contribution in [3.05, 3.63) is 0 Å². The molecule has 1 atom stereocenters. The summed E-state index contributed by atoms with van der Waals surface area (Å²) in [7, 11) is -3.89. The minimum atomic E-state index is -3.89. The molecule has 0 heterocycles. The lowest BCUT2D eigenvalue weighted by atomic mass is 10.0. The molecule has 0 aliphatic rings. The van der Waals surface area contributed by atoms with Gasteiger partial charge in [-0.1, -0.05) is 13.8 Å². The lowest BCUT2D eigenvalue weighted by Gasteiger charge is -2.28. The monoisotopic (exact) mass is 209 g/mol. The average molecular weight is 209 g/mol. The third-order valence-corrected chi connectivity index (χ3v) is 3.09. The molecule has 1 unspecified atom stereocenters. The van der Waals surface area contributed by atoms with Gasteiger partial charge in [-0.05, 0) is 26.3 Å². The highest BCUT2D eigenvalue weighted by Crippen LogP contribution is 2.11. The molecule has 80 valence electrons. The van der Waals surface area contributed by atoms with Crippen molar-refractivity contribution >= 4 is 10.1 Å². The van der Waals surface area contributed by atoms with Crippen molar-refractivity contribution in [1.82, 2.24) is 5.32 Å². The molecule has 0 aromatic rings. The van der Waals surface area contributed by atoms with Crippen molar-refractivity contribution in [1.29, 1.82) is 0 Å². The van der Waals surface area contributed by atoms with Crippen LogP contribution in [0.5, 0.6) is 0 Å². The van der Waals surface area contributed by atoms with Gasteiger partial charge >= 0.3 is 0 Å². The van der Waals surface area contributed by atoms with E-state index in [2.05, 4.69) is 5.32 Å². The highest BCUT2D eigenvalue weighted by Gasteiger charge is 2.26. The van der Waals surface area contributed by atoms with Gasteiger partial charge in [-0.15, -0.1) is 0 Å². The molecular weight excluding hydrogens is 190 g/mol. The highest BCUT2D eigenvalue weighted by atomic mass is 32.2. The number of nitrogens with one attached hydrogen (secondary N) is 1. The largest absolute Gasteiger partial charge is 0.310 e. The van der Waals surface area contributed by atoms with Crippen LogP contribution >= 0.6 is 0 Å². The Labute approximate surface area is 80.5 Å². The summed E-state index contributed by atoms with van der Waals surface area (Å²) < 4.78 is 30.1. The molecule has 0 rings (SSSR count). The van der Waals surface area contributed by atoms with Gasteiger partial charge in [0.05, 0.1) is 5.75 Å². The van der Waals surface area contributed by atoms with Gasteiger partial charge in [-0.25, -0.2) is 0 Å². The third kappa shape index (κ3) is 6.01. The summed E-state index contributed by atoms with van der Waals surface area (Å²) in [6, 6.07) is 0. The fourth-order valence-electron chi connectivity index (χ4n) is 1.11. The van der Waals surface area contributed by atoms with Crippen molar-refractivity contribution < 1.29 is 13.0 Å². The summed E-state index contributed by atoms with van der Waals surface area (Å²) in [6.07, 6.45) is 1.62. The predicted molar refractivity (Wildman–Crippen MR) is 53.4 cm³/mol. The van der Waals surface area contributed by atoms with E-state index in [1.807, 2.05) is 13.8 Å². The summed E-state index contributed by atoms with van der Waals surface area (Å²) >= 11 is 0. The Morgan fingerprint density at radius 1 is 1.38 bits per heavy atom. The van der Waals surface area contributed by atoms with Gasteiger partial charge in [-0.3, -0.25) is 4.55 Å². The first kappa shape index (κ1) is 12.9. The van der Waals surface area contributed by atoms with E-state index in [0.29, 0.717) is 6.42 Å². The molecule has 0 saturated heterocycles. The second-order valence-corrected chi connectivity index (χ2v) is 5.02. The molecule has 0 aromatic heterocycles. The van der Waals surface area contributed by atoms with Crippen LogP contribution in [-0.2, 0) is 10.1 Å². The predicted octanol–water partition coefficient (Wildman–Crippen LogP) is 1.04. The fourth-order valence-corrected chi connectivity index (χ4v) is 2.22. The standard InChI is InChI=1S/C8H19NO3S/c1-4-6-9-8(3,5-2)7-13(10,11)12/h9H,4-7H2,1-3H3,(H,10,11,12). The van der Waals surface area contributed by atoms with Crippen LogP contribution < -0.4 is 5.32 Å². The van der Waals surface area contributed by atoms with Crippen LogP contribution in [0.2, 0.25) is 0 Å². The molecule has 0 fully saturated rings. The van der Waals surface area contributed by atoms with E-state index in [1.165, 1.54) is 0 Å². The molecule has 0 amide bonds. The van der Waals surface area contributed by atoms with Crippen LogP contribution in [0.3, 0.4) is 0 Å². The quantitative estimate of drug-likeness (QED) is 0.641. The van der Waals surface area contributed by atoms with Crippen molar-refractivity contribution in [3.8, 4) is 0 Å². The van der Waals surface area contributed by atoms with Gasteiger partial charge in [0, 0.05) is 5.54 Å². The first-order chi connectivity index (χ1) is 5.83. The highest BCUT2D eigenvalue weighted by molar-refractivity contribution is 7.85. The Kier molecular flexibility index (Phi) is 4.88. The number of hydrogen-bond acceptors (Lipinski definition) is 3. The molecule has 0 aliphatic carbocycles. The topological polar surface area (TPSA) is 66.4 Å². The van der Waals surface area contributed by atoms with Gasteiger partial charge in [0.2, 0.25) is 0 Å². The molecule has 0 aromatic carbocycles. The van der Waals surface area contributed by atoms with E-state index in [0.717, 1.165) is 13.0 Å². The molecule has 0 saturated carbocycles. The summed E-state index contributed by atoms with van der Waals surface area (Å²) in [5, 5.41) is 3.11. The second kappa shape index (κ2) is 4.93. The first-order valence-corrected chi connectivity index (χ1v) is 6.14. The van der Waals surface area contributed by atoms with Crippen LogP contribution in [0.15, 0.2) is 0 Å². The smallest absolute Gasteiger partial charge is 0.266 e. The maximum absolute atomic E-state index is 10.7. The second-order valence-electron chi connectivity index (χ2n) is 3.57. The van der Waals surface area contributed by atoms with Gasteiger partial charge in [0.15, 0.2) is 0 Å². The molecule has 0 spiro atoms. The Bertz CT molecular complexity index is 238. The Morgan fingerprint density at radius 2 is 1.92 bits per heavy atom. The maximum Gasteiger partial charge on any atom is 0.266 e. The molecule has 0 radical (unpaired) electrons. The van der Waals surface area contributed by atoms with Crippen LogP contribution in [0.1, 0.15) is 33.6 Å². The SMILES string of the molecule is CCCNC(C)(CC)CS(=O)(=O)O. The third-order valence-electron chi connectivity index (χ3n) is 2.08. The molecule has 0 bridgehead atoms. The minimum Gasteiger partial charge on any atom is -0.310 e. The van der Waals surface area contributed by atoms with Crippen LogP contribution in [0.25, 0.3) is 0 Å². The summed E-state index contributed by atoms with van der Waals surface area (Å²) in [5.74, 6) is -0.226. The fraction of sp³-hybridized carbons (Fsp3) is 1.00. The van der Waals surface area contributed by atoms with Crippen LogP contribution in [0, 0.1) is 0 Å². The van der Waals surface area contributed by atoms with Crippen molar-refractivity contribution in [3.63, 3.8) is 0 Å². The van der Waals surface area contributed by atoms with Gasteiger partial charge < -0.3 is 5.32 Å². The van der Waals surface area contributed by atoms with Gasteiger partial charge in [0.1, 0.15) is 0 Å². The Morgan fingerprint density at radius 3 is 2.23 bits per heavy atom. The normalized spacial score (nSPS) is 16.9. The van der Waals surface area contributed by atoms with E-state index in [1.54, 1.807) is 6.92 Å². The number of hydrogen-bond donors (Lipinski definition) is 2. The van der Waals surface area contributed by atoms with E-state index in [-0.39, 0.29) is 5.75 Å². The van der Waals surface area contributed by atoms with E-state index in [9.17, 15) is 8.42 Å². The molecule has 13 heavy (non-hydrogen) atoms. The molecule has 0 aliphatic heterocycles. The van der Waals surface area contributed by atoms with Crippen molar-refractivity contribution in [2.45, 2.75) is 39.2 Å². The van der Waals surface area contributed by atoms with E-state index < -0.39 is 15.7 Å². The Balaban J connectivity index is 4.28. The van der Waals surface area contributed by atoms with Crippen LogP contribution in [0.4, 0.5) is 0 Å². The van der Waals surface area contributed by atoms with Crippen molar-refractivity contribution in [2.75, 3.05) is 12.3 Å². The summed E-state index contributed by atoms with van der Waals surface area (Å²) in [5.41, 5.74) is -0.510. The molecular formula is C8H19NO3S.